The summed E-state index contributed by atoms with van der Waals surface area (Å²) in [6, 6.07) is 17.8. The van der Waals surface area contributed by atoms with Crippen LogP contribution in [0.2, 0.25) is 0 Å². The number of esters is 5. The van der Waals surface area contributed by atoms with Gasteiger partial charge in [0.2, 0.25) is 24.2 Å². The molecule has 4 aromatic rings. The molecule has 20 nitrogen and oxygen atoms in total. The number of alkyl carbamates (subject to hydrolysis) is 1. The van der Waals surface area contributed by atoms with Crippen LogP contribution in [-0.2, 0) is 83.2 Å². The highest BCUT2D eigenvalue weighted by Crippen LogP contribution is 2.37. The summed E-state index contributed by atoms with van der Waals surface area (Å²) in [4.78, 5) is 98.4. The first kappa shape index (κ1) is 55.7. The number of pyridine rings is 1. The summed E-state index contributed by atoms with van der Waals surface area (Å²) in [6.07, 6.45) is -6.98. The third-order valence-corrected chi connectivity index (χ3v) is 11.7. The maximum atomic E-state index is 14.2. The topological polar surface area (TPSA) is 248 Å². The van der Waals surface area contributed by atoms with Gasteiger partial charge in [-0.3, -0.25) is 28.8 Å². The van der Waals surface area contributed by atoms with E-state index in [4.69, 9.17) is 48.5 Å². The normalized spacial score (nSPS) is 18.7. The molecule has 2 N–H and O–H groups in total. The van der Waals surface area contributed by atoms with Gasteiger partial charge in [0.05, 0.1) is 39.0 Å². The fraction of sp³-hybridized carbons (Fsp3) is 0.569. The molecule has 20 heteroatoms. The maximum Gasteiger partial charge on any atom is 0.407 e. The monoisotopic (exact) mass is 1090 g/mol. The molecule has 0 saturated carbocycles. The second-order valence-corrected chi connectivity index (χ2v) is 23.0. The number of aryl methyl sites for hydroxylation is 3. The van der Waals surface area contributed by atoms with Crippen LogP contribution in [0, 0.1) is 27.1 Å². The predicted octanol–water partition coefficient (Wildman–Crippen LogP) is 8.17. The molecule has 0 aliphatic carbocycles. The molecule has 0 radical (unpaired) electrons. The lowest BCUT2D eigenvalue weighted by atomic mass is 9.93. The number of ether oxygens (including phenoxy) is 8. The first-order valence-corrected chi connectivity index (χ1v) is 25.6. The number of nitrogens with zero attached hydrogens (tertiary/aromatic N) is 3. The van der Waals surface area contributed by atoms with E-state index in [1.165, 1.54) is 60.1 Å². The van der Waals surface area contributed by atoms with Crippen LogP contribution < -0.4 is 20.1 Å². The van der Waals surface area contributed by atoms with Crippen molar-refractivity contribution >= 4 is 52.9 Å². The zero-order valence-corrected chi connectivity index (χ0v) is 46.7. The van der Waals surface area contributed by atoms with Crippen molar-refractivity contribution < 1.29 is 76.9 Å². The van der Waals surface area contributed by atoms with Crippen LogP contribution in [-0.4, -0.2) is 107 Å². The van der Waals surface area contributed by atoms with Gasteiger partial charge in [-0.15, -0.1) is 5.10 Å². The molecule has 78 heavy (non-hydrogen) atoms. The largest absolute Gasteiger partial charge is 0.462 e. The molecule has 5 rings (SSSR count). The van der Waals surface area contributed by atoms with Gasteiger partial charge in [0.25, 0.3) is 0 Å². The minimum absolute atomic E-state index is 0.0165. The van der Waals surface area contributed by atoms with E-state index < -0.39 is 127 Å². The molecule has 1 aliphatic heterocycles. The van der Waals surface area contributed by atoms with Crippen LogP contribution in [0.1, 0.15) is 132 Å². The quantitative estimate of drug-likeness (QED) is 0.0389. The number of hydrogen-bond acceptors (Lipinski definition) is 17. The Hall–Kier alpha value is -7.09. The lowest BCUT2D eigenvalue weighted by Gasteiger charge is -2.45. The first-order valence-electron chi connectivity index (χ1n) is 28.5. The summed E-state index contributed by atoms with van der Waals surface area (Å²) in [7, 11) is 0. The summed E-state index contributed by atoms with van der Waals surface area (Å²) in [6.45, 7) is 14.4. The number of carbonyl (C=O) groups is 7. The van der Waals surface area contributed by atoms with E-state index in [-0.39, 0.29) is 45.4 Å². The van der Waals surface area contributed by atoms with Crippen molar-refractivity contribution in [1.29, 1.82) is 0 Å². The molecule has 2 amide bonds. The van der Waals surface area contributed by atoms with Crippen molar-refractivity contribution in [3.63, 3.8) is 0 Å². The highest BCUT2D eigenvalue weighted by molar-refractivity contribution is 5.85. The van der Waals surface area contributed by atoms with E-state index >= 15 is 0 Å². The molecule has 0 spiro atoms. The number of nitrogens with one attached hydrogen (secondary N) is 2. The Bertz CT molecular complexity index is 2860. The van der Waals surface area contributed by atoms with Gasteiger partial charge in [-0.2, -0.15) is 0 Å². The van der Waals surface area contributed by atoms with Crippen LogP contribution in [0.4, 0.5) is 4.79 Å². The number of benzene rings is 2. The van der Waals surface area contributed by atoms with E-state index in [2.05, 4.69) is 15.6 Å². The third-order valence-electron chi connectivity index (χ3n) is 11.7. The van der Waals surface area contributed by atoms with Gasteiger partial charge in [-0.25, -0.2) is 14.5 Å². The molecular weight excluding hydrogens is 1010 g/mol. The minimum Gasteiger partial charge on any atom is -0.462 e. The van der Waals surface area contributed by atoms with Gasteiger partial charge < -0.3 is 48.5 Å². The van der Waals surface area contributed by atoms with Crippen molar-refractivity contribution in [3.8, 4) is 11.6 Å². The van der Waals surface area contributed by atoms with Gasteiger partial charge in [0.15, 0.2) is 17.9 Å². The summed E-state index contributed by atoms with van der Waals surface area (Å²) < 4.78 is 82.4. The Labute approximate surface area is 462 Å². The number of amides is 2. The minimum atomic E-state index is -1.84. The zero-order chi connectivity index (χ0) is 60.8. The van der Waals surface area contributed by atoms with E-state index in [0.717, 1.165) is 11.1 Å². The van der Waals surface area contributed by atoms with Gasteiger partial charge in [-0.1, -0.05) is 42.5 Å². The molecule has 1 aliphatic rings. The molecule has 2 aromatic heterocycles. The smallest absolute Gasteiger partial charge is 0.407 e. The Morgan fingerprint density at radius 3 is 1.83 bits per heavy atom. The van der Waals surface area contributed by atoms with Crippen LogP contribution >= 0.6 is 0 Å². The van der Waals surface area contributed by atoms with E-state index in [0.29, 0.717) is 35.2 Å². The molecule has 2 aromatic carbocycles. The summed E-state index contributed by atoms with van der Waals surface area (Å²) in [5, 5.41) is 10.4. The second-order valence-electron chi connectivity index (χ2n) is 23.0. The SMILES string of the molecule is [2H]CC(C)(C)C(=O)OC[C@H]1OC(Oc2nn(CCCNC(=O)CNC(=O)OCc3ccccc3)c3nccc(CCc4ccc(OC(=O)C(C)(C)C)cc4)c23)[C@H](OC(=O)C(C)(C)C[2H])[C@@H](OC(=O)C(C)(C)C[2H])[C@@H]1OC(=O)C(C)(C)C[2H]. The van der Waals surface area contributed by atoms with Crippen molar-refractivity contribution in [2.75, 3.05) is 19.7 Å². The van der Waals surface area contributed by atoms with Gasteiger partial charge >= 0.3 is 35.9 Å². The van der Waals surface area contributed by atoms with Crippen LogP contribution in [0.25, 0.3) is 11.0 Å². The molecule has 3 heterocycles. The Morgan fingerprint density at radius 1 is 0.641 bits per heavy atom. The molecule has 426 valence electrons. The van der Waals surface area contributed by atoms with Gasteiger partial charge in [0, 0.05) is 24.8 Å². The lowest BCUT2D eigenvalue weighted by molar-refractivity contribution is -0.294. The molecule has 0 bridgehead atoms. The molecule has 1 saturated heterocycles. The summed E-state index contributed by atoms with van der Waals surface area (Å²) in [5.74, 6) is -4.39. The summed E-state index contributed by atoms with van der Waals surface area (Å²) in [5.41, 5.74) is -3.88. The van der Waals surface area contributed by atoms with E-state index in [1.54, 1.807) is 57.3 Å². The first-order chi connectivity index (χ1) is 38.5. The highest BCUT2D eigenvalue weighted by atomic mass is 16.7. The fourth-order valence-corrected chi connectivity index (χ4v) is 7.10. The Balaban J connectivity index is 1.58. The molecule has 1 fully saturated rings. The third kappa shape index (κ3) is 17.7. The van der Waals surface area contributed by atoms with Crippen molar-refractivity contribution in [3.05, 3.63) is 83.6 Å². The van der Waals surface area contributed by atoms with Crippen LogP contribution in [0.3, 0.4) is 0 Å². The predicted molar refractivity (Wildman–Crippen MR) is 286 cm³/mol. The van der Waals surface area contributed by atoms with E-state index in [9.17, 15) is 33.6 Å². The number of hydrogen-bond donors (Lipinski definition) is 2. The number of fused-ring (bicyclic) bond motifs is 1. The van der Waals surface area contributed by atoms with Crippen molar-refractivity contribution in [1.82, 2.24) is 25.4 Å². The molecule has 5 atom stereocenters. The average molecular weight is 1090 g/mol. The standard InChI is InChI=1S/C58H79N5O15/c1-54(2,3)48(65)71-34-39-42(75-50(67)56(7,8)9)43(76-51(68)57(10,11)12)44(77-52(69)58(13,14)15)47(74-39)78-46-41-37(25-22-35-23-26-38(27-24-35)73-49(66)55(4,5)6)28-30-60-45(41)63(62-46)31-19-29-59-40(64)32-61-53(70)72-33-36-20-17-16-18-21-36/h16-18,20-21,23-24,26-28,30,39,42-44,47H,19,22,25,29,31-34H2,1-15H3,(H,59,64)(H,61,70)/t39-,42-,43+,44-,47?/m1/s1/i1D,7D,10D,13D. The van der Waals surface area contributed by atoms with Crippen molar-refractivity contribution in [2.45, 2.75) is 167 Å². The lowest BCUT2D eigenvalue weighted by Crippen LogP contribution is -2.65. The average Bonchev–Trinajstić information content (AvgIpc) is 3.96. The fourth-order valence-electron chi connectivity index (χ4n) is 7.10. The van der Waals surface area contributed by atoms with E-state index in [1.807, 2.05) is 30.3 Å². The summed E-state index contributed by atoms with van der Waals surface area (Å²) >= 11 is 0. The number of rotatable bonds is 19. The second kappa shape index (κ2) is 25.6. The van der Waals surface area contributed by atoms with Gasteiger partial charge in [-0.05, 0) is 158 Å². The Morgan fingerprint density at radius 2 is 1.23 bits per heavy atom. The number of aromatic nitrogens is 3. The number of carbonyl (C=O) groups excluding carboxylic acids is 7. The van der Waals surface area contributed by atoms with Crippen LogP contribution in [0.5, 0.6) is 11.6 Å². The molecule has 1 unspecified atom stereocenters. The van der Waals surface area contributed by atoms with Crippen molar-refractivity contribution in [2.24, 2.45) is 27.1 Å². The molecular formula is C58H79N5O15. The highest BCUT2D eigenvalue weighted by Gasteiger charge is 2.56. The van der Waals surface area contributed by atoms with Crippen LogP contribution in [0.15, 0.2) is 66.9 Å². The Kier molecular flexibility index (Phi) is 18.3. The van der Waals surface area contributed by atoms with Gasteiger partial charge in [0.1, 0.15) is 25.1 Å². The zero-order valence-electron chi connectivity index (χ0n) is 50.7. The maximum absolute atomic E-state index is 14.2.